The maximum Gasteiger partial charge on any atom is 0.295 e. The van der Waals surface area contributed by atoms with Gasteiger partial charge in [-0.25, -0.2) is 13.8 Å². The van der Waals surface area contributed by atoms with Crippen molar-refractivity contribution in [1.82, 2.24) is 19.1 Å². The highest BCUT2D eigenvalue weighted by molar-refractivity contribution is 6.10. The molecule has 4 aromatic rings. The van der Waals surface area contributed by atoms with Crippen molar-refractivity contribution >= 4 is 17.7 Å². The Bertz CT molecular complexity index is 1550. The van der Waals surface area contributed by atoms with E-state index in [9.17, 15) is 19.2 Å². The van der Waals surface area contributed by atoms with Crippen molar-refractivity contribution in [2.24, 2.45) is 7.05 Å². The SMILES string of the molecule is Cc1nn(-c2ccc(F)cc2)c(C)c1C=C(C#N)C(=O)Nc1c(C)n(C)n(-c2ccccc2)c1=O. The van der Waals surface area contributed by atoms with Crippen molar-refractivity contribution in [1.29, 1.82) is 5.26 Å². The molecule has 8 nitrogen and oxygen atoms in total. The van der Waals surface area contributed by atoms with Crippen LogP contribution in [0.5, 0.6) is 0 Å². The van der Waals surface area contributed by atoms with Crippen LogP contribution in [-0.4, -0.2) is 25.1 Å². The summed E-state index contributed by atoms with van der Waals surface area (Å²) >= 11 is 0. The first kappa shape index (κ1) is 23.4. The van der Waals surface area contributed by atoms with E-state index in [0.29, 0.717) is 34.0 Å². The van der Waals surface area contributed by atoms with Crippen LogP contribution >= 0.6 is 0 Å². The Morgan fingerprint density at radius 2 is 1.69 bits per heavy atom. The van der Waals surface area contributed by atoms with Crippen LogP contribution in [0.15, 0.2) is 65.0 Å². The van der Waals surface area contributed by atoms with E-state index in [2.05, 4.69) is 10.4 Å². The zero-order valence-corrected chi connectivity index (χ0v) is 19.7. The highest BCUT2D eigenvalue weighted by Crippen LogP contribution is 2.22. The summed E-state index contributed by atoms with van der Waals surface area (Å²) in [6.45, 7) is 5.26. The molecule has 4 rings (SSSR count). The number of aryl methyl sites for hydroxylation is 1. The molecule has 2 heterocycles. The summed E-state index contributed by atoms with van der Waals surface area (Å²) in [5.41, 5.74) is 3.22. The third-order valence-corrected chi connectivity index (χ3v) is 5.86. The number of benzene rings is 2. The number of nitrogens with zero attached hydrogens (tertiary/aromatic N) is 5. The maximum absolute atomic E-state index is 13.3. The van der Waals surface area contributed by atoms with Crippen molar-refractivity contribution < 1.29 is 9.18 Å². The van der Waals surface area contributed by atoms with Crippen molar-refractivity contribution in [3.05, 3.63) is 99.0 Å². The fourth-order valence-corrected chi connectivity index (χ4v) is 3.88. The number of anilines is 1. The minimum absolute atomic E-state index is 0.0953. The second kappa shape index (κ2) is 9.27. The lowest BCUT2D eigenvalue weighted by molar-refractivity contribution is -0.112. The molecule has 1 N–H and O–H groups in total. The molecule has 0 atom stereocenters. The molecule has 0 radical (unpaired) electrons. The van der Waals surface area contributed by atoms with Crippen LogP contribution in [0.3, 0.4) is 0 Å². The quantitative estimate of drug-likeness (QED) is 0.353. The van der Waals surface area contributed by atoms with Gasteiger partial charge in [0.2, 0.25) is 0 Å². The summed E-state index contributed by atoms with van der Waals surface area (Å²) < 4.78 is 18.0. The summed E-state index contributed by atoms with van der Waals surface area (Å²) in [5, 5.41) is 16.8. The van der Waals surface area contributed by atoms with Crippen molar-refractivity contribution in [3.8, 4) is 17.4 Å². The van der Waals surface area contributed by atoms with E-state index in [4.69, 9.17) is 0 Å². The predicted molar refractivity (Wildman–Crippen MR) is 131 cm³/mol. The molecule has 0 spiro atoms. The van der Waals surface area contributed by atoms with Gasteiger partial charge in [0.15, 0.2) is 0 Å². The number of hydrogen-bond donors (Lipinski definition) is 1. The van der Waals surface area contributed by atoms with Gasteiger partial charge in [0, 0.05) is 18.3 Å². The summed E-state index contributed by atoms with van der Waals surface area (Å²) in [6.07, 6.45) is 1.45. The number of aromatic nitrogens is 4. The normalized spacial score (nSPS) is 11.4. The molecule has 0 bridgehead atoms. The zero-order chi connectivity index (χ0) is 25.3. The molecule has 35 heavy (non-hydrogen) atoms. The summed E-state index contributed by atoms with van der Waals surface area (Å²) in [4.78, 5) is 26.1. The largest absolute Gasteiger partial charge is 0.315 e. The van der Waals surface area contributed by atoms with E-state index < -0.39 is 11.5 Å². The molecule has 9 heteroatoms. The Morgan fingerprint density at radius 1 is 1.03 bits per heavy atom. The molecule has 0 aliphatic carbocycles. The molecule has 0 fully saturated rings. The predicted octanol–water partition coefficient (Wildman–Crippen LogP) is 3.97. The number of hydrogen-bond acceptors (Lipinski definition) is 4. The van der Waals surface area contributed by atoms with Crippen LogP contribution in [0.1, 0.15) is 22.6 Å². The lowest BCUT2D eigenvalue weighted by Crippen LogP contribution is -2.23. The molecule has 0 saturated carbocycles. The Labute approximate surface area is 201 Å². The van der Waals surface area contributed by atoms with Crippen LogP contribution < -0.4 is 10.9 Å². The van der Waals surface area contributed by atoms with Gasteiger partial charge >= 0.3 is 0 Å². The number of nitrogens with one attached hydrogen (secondary N) is 1. The first-order chi connectivity index (χ1) is 16.7. The Morgan fingerprint density at radius 3 is 2.31 bits per heavy atom. The van der Waals surface area contributed by atoms with Crippen molar-refractivity contribution in [2.75, 3.05) is 5.32 Å². The Hall–Kier alpha value is -4.71. The molecule has 0 unspecified atom stereocenters. The van der Waals surface area contributed by atoms with Gasteiger partial charge in [-0.2, -0.15) is 10.4 Å². The highest BCUT2D eigenvalue weighted by atomic mass is 19.1. The number of carbonyl (C=O) groups is 1. The van der Waals surface area contributed by atoms with Crippen molar-refractivity contribution in [3.63, 3.8) is 0 Å². The first-order valence-electron chi connectivity index (χ1n) is 10.8. The average molecular weight is 471 g/mol. The van der Waals surface area contributed by atoms with Gasteiger partial charge in [0.1, 0.15) is 23.1 Å². The standard InChI is InChI=1S/C26H23FN6O2/c1-16-23(17(2)32(30-16)21-12-10-20(27)11-13-21)14-19(15-28)25(34)29-24-18(3)31(4)33(26(24)35)22-8-6-5-7-9-22/h5-14H,1-4H3,(H,29,34). The lowest BCUT2D eigenvalue weighted by atomic mass is 10.1. The molecule has 2 aromatic carbocycles. The number of halogens is 1. The molecular formula is C26H23FN6O2. The lowest BCUT2D eigenvalue weighted by Gasteiger charge is -2.07. The third-order valence-electron chi connectivity index (χ3n) is 5.86. The topological polar surface area (TPSA) is 97.6 Å². The third kappa shape index (κ3) is 4.29. The fraction of sp³-hybridized carbons (Fsp3) is 0.154. The van der Waals surface area contributed by atoms with Gasteiger partial charge in [0.05, 0.1) is 22.8 Å². The van der Waals surface area contributed by atoms with Crippen LogP contribution in [0.4, 0.5) is 10.1 Å². The minimum Gasteiger partial charge on any atom is -0.315 e. The van der Waals surface area contributed by atoms with Crippen LogP contribution in [0, 0.1) is 37.9 Å². The number of nitriles is 1. The maximum atomic E-state index is 13.3. The van der Waals surface area contributed by atoms with Crippen molar-refractivity contribution in [2.45, 2.75) is 20.8 Å². The van der Waals surface area contributed by atoms with Gasteiger partial charge in [-0.05, 0) is 63.2 Å². The van der Waals surface area contributed by atoms with E-state index in [0.717, 1.165) is 0 Å². The second-order valence-corrected chi connectivity index (χ2v) is 8.03. The Balaban J connectivity index is 1.69. The van der Waals surface area contributed by atoms with E-state index in [-0.39, 0.29) is 17.1 Å². The van der Waals surface area contributed by atoms with E-state index in [1.54, 1.807) is 61.4 Å². The number of carbonyl (C=O) groups excluding carboxylic acids is 1. The number of para-hydroxylation sites is 1. The molecular weight excluding hydrogens is 447 g/mol. The summed E-state index contributed by atoms with van der Waals surface area (Å²) in [7, 11) is 1.72. The van der Waals surface area contributed by atoms with Gasteiger partial charge < -0.3 is 5.32 Å². The summed E-state index contributed by atoms with van der Waals surface area (Å²) in [6, 6.07) is 16.8. The molecule has 2 aromatic heterocycles. The van der Waals surface area contributed by atoms with Gasteiger partial charge in [-0.3, -0.25) is 14.3 Å². The average Bonchev–Trinajstić information content (AvgIpc) is 3.25. The molecule has 176 valence electrons. The van der Waals surface area contributed by atoms with E-state index in [1.165, 1.54) is 22.9 Å². The van der Waals surface area contributed by atoms with Crippen LogP contribution in [0.25, 0.3) is 17.5 Å². The number of rotatable bonds is 5. The molecule has 0 aliphatic rings. The highest BCUT2D eigenvalue weighted by Gasteiger charge is 2.21. The van der Waals surface area contributed by atoms with Gasteiger partial charge in [-0.15, -0.1) is 0 Å². The second-order valence-electron chi connectivity index (χ2n) is 8.03. The molecule has 0 saturated heterocycles. The Kier molecular flexibility index (Phi) is 6.21. The van der Waals surface area contributed by atoms with E-state index >= 15 is 0 Å². The molecule has 0 aliphatic heterocycles. The summed E-state index contributed by atoms with van der Waals surface area (Å²) in [5.74, 6) is -1.06. The van der Waals surface area contributed by atoms with Gasteiger partial charge in [-0.1, -0.05) is 18.2 Å². The van der Waals surface area contributed by atoms with Gasteiger partial charge in [0.25, 0.3) is 11.5 Å². The smallest absolute Gasteiger partial charge is 0.295 e. The van der Waals surface area contributed by atoms with Crippen LogP contribution in [0.2, 0.25) is 0 Å². The number of amides is 1. The first-order valence-corrected chi connectivity index (χ1v) is 10.8. The molecule has 1 amide bonds. The fourth-order valence-electron chi connectivity index (χ4n) is 3.88. The zero-order valence-electron chi connectivity index (χ0n) is 19.7. The minimum atomic E-state index is -0.702. The monoisotopic (exact) mass is 470 g/mol. The van der Waals surface area contributed by atoms with Crippen LogP contribution in [-0.2, 0) is 11.8 Å². The van der Waals surface area contributed by atoms with E-state index in [1.807, 2.05) is 24.3 Å².